The van der Waals surface area contributed by atoms with Gasteiger partial charge in [-0.3, -0.25) is 14.4 Å². The van der Waals surface area contributed by atoms with Crippen molar-refractivity contribution in [3.63, 3.8) is 0 Å². The number of ether oxygens (including phenoxy) is 1. The number of unbranched alkanes of at least 4 members (excludes halogenated alkanes) is 1. The lowest BCUT2D eigenvalue weighted by Gasteiger charge is -2.22. The molecule has 6 heteroatoms. The highest BCUT2D eigenvalue weighted by Crippen LogP contribution is 2.19. The van der Waals surface area contributed by atoms with Crippen LogP contribution in [0.15, 0.2) is 60.7 Å². The summed E-state index contributed by atoms with van der Waals surface area (Å²) in [6, 6.07) is 17.8. The van der Waals surface area contributed by atoms with Crippen LogP contribution >= 0.6 is 0 Å². The van der Waals surface area contributed by atoms with E-state index in [2.05, 4.69) is 5.32 Å². The number of carbonyl (C=O) groups is 4. The van der Waals surface area contributed by atoms with E-state index in [0.717, 1.165) is 17.5 Å². The Morgan fingerprint density at radius 3 is 2.06 bits per heavy atom. The maximum absolute atomic E-state index is 13.3. The molecule has 0 spiro atoms. The Labute approximate surface area is 208 Å². The van der Waals surface area contributed by atoms with Crippen molar-refractivity contribution in [3.05, 3.63) is 71.8 Å². The predicted molar refractivity (Wildman–Crippen MR) is 136 cm³/mol. The molecule has 2 rings (SSSR count). The van der Waals surface area contributed by atoms with Gasteiger partial charge in [0.15, 0.2) is 11.6 Å². The van der Waals surface area contributed by atoms with Gasteiger partial charge in [-0.1, -0.05) is 87.9 Å². The van der Waals surface area contributed by atoms with Crippen molar-refractivity contribution >= 4 is 23.4 Å². The molecule has 0 aliphatic carbocycles. The second-order valence-corrected chi connectivity index (χ2v) is 9.34. The number of benzene rings is 2. The van der Waals surface area contributed by atoms with Gasteiger partial charge in [-0.25, -0.2) is 4.79 Å². The number of alkyl carbamates (subject to hydrolysis) is 1. The van der Waals surface area contributed by atoms with Crippen molar-refractivity contribution in [1.82, 2.24) is 5.32 Å². The maximum Gasteiger partial charge on any atom is 0.408 e. The fourth-order valence-corrected chi connectivity index (χ4v) is 3.88. The van der Waals surface area contributed by atoms with Crippen LogP contribution in [0.25, 0.3) is 0 Å². The summed E-state index contributed by atoms with van der Waals surface area (Å²) in [5.41, 5.74) is 1.73. The van der Waals surface area contributed by atoms with E-state index < -0.39 is 29.6 Å². The van der Waals surface area contributed by atoms with E-state index in [-0.39, 0.29) is 31.1 Å². The molecule has 1 N–H and O–H groups in total. The summed E-state index contributed by atoms with van der Waals surface area (Å²) in [6.45, 7) is 5.97. The first-order valence-corrected chi connectivity index (χ1v) is 12.4. The summed E-state index contributed by atoms with van der Waals surface area (Å²) in [5.74, 6) is -1.84. The van der Waals surface area contributed by atoms with Crippen molar-refractivity contribution in [3.8, 4) is 0 Å². The van der Waals surface area contributed by atoms with Crippen LogP contribution in [0.4, 0.5) is 4.79 Å². The number of hydrogen-bond donors (Lipinski definition) is 1. The number of rotatable bonds is 15. The van der Waals surface area contributed by atoms with Crippen LogP contribution in [-0.4, -0.2) is 29.5 Å². The normalized spacial score (nSPS) is 12.6. The molecule has 2 atom stereocenters. The van der Waals surface area contributed by atoms with Crippen molar-refractivity contribution in [2.45, 2.75) is 71.9 Å². The summed E-state index contributed by atoms with van der Waals surface area (Å²) < 4.78 is 5.30. The van der Waals surface area contributed by atoms with Crippen LogP contribution in [0.2, 0.25) is 0 Å². The second-order valence-electron chi connectivity index (χ2n) is 9.34. The first kappa shape index (κ1) is 28.0. The van der Waals surface area contributed by atoms with E-state index in [4.69, 9.17) is 4.74 Å². The van der Waals surface area contributed by atoms with Gasteiger partial charge in [-0.15, -0.1) is 0 Å². The predicted octanol–water partition coefficient (Wildman–Crippen LogP) is 5.47. The van der Waals surface area contributed by atoms with E-state index in [9.17, 15) is 19.2 Å². The molecular formula is C29H37NO5. The fourth-order valence-electron chi connectivity index (χ4n) is 3.88. The zero-order valence-corrected chi connectivity index (χ0v) is 21.0. The molecule has 2 aromatic carbocycles. The Morgan fingerprint density at radius 1 is 0.886 bits per heavy atom. The number of hydrogen-bond acceptors (Lipinski definition) is 5. The van der Waals surface area contributed by atoms with Gasteiger partial charge >= 0.3 is 6.09 Å². The number of ketones is 3. The molecule has 0 heterocycles. The molecular weight excluding hydrogens is 442 g/mol. The van der Waals surface area contributed by atoms with E-state index in [1.807, 2.05) is 81.4 Å². The molecule has 0 bridgehead atoms. The number of carbonyl (C=O) groups excluding carboxylic acids is 4. The van der Waals surface area contributed by atoms with Crippen LogP contribution in [0.1, 0.15) is 64.0 Å². The molecule has 0 aliphatic rings. The lowest BCUT2D eigenvalue weighted by Crippen LogP contribution is -2.43. The summed E-state index contributed by atoms with van der Waals surface area (Å²) >= 11 is 0. The number of Topliss-reactive ketones (excluding diaryl/α,β-unsaturated/α-hetero) is 3. The van der Waals surface area contributed by atoms with Crippen molar-refractivity contribution < 1.29 is 23.9 Å². The minimum Gasteiger partial charge on any atom is -0.445 e. The SMILES string of the molecule is CCCCC(=O)C(=O)C(CC(=O)C(CC(C)C)NC(=O)OCc1ccccc1)Cc1ccccc1. The van der Waals surface area contributed by atoms with Crippen LogP contribution in [0.3, 0.4) is 0 Å². The summed E-state index contributed by atoms with van der Waals surface area (Å²) in [7, 11) is 0. The second kappa shape index (κ2) is 14.9. The third-order valence-electron chi connectivity index (χ3n) is 5.78. The lowest BCUT2D eigenvalue weighted by molar-refractivity contribution is -0.140. The van der Waals surface area contributed by atoms with Gasteiger partial charge in [0, 0.05) is 18.8 Å². The standard InChI is InChI=1S/C29H37NO5/c1-4-5-16-26(31)28(33)24(18-22-12-8-6-9-13-22)19-27(32)25(17-21(2)3)30-29(34)35-20-23-14-10-7-11-15-23/h6-15,21,24-25H,4-5,16-20H2,1-3H3,(H,30,34). The van der Waals surface area contributed by atoms with Crippen molar-refractivity contribution in [1.29, 1.82) is 0 Å². The van der Waals surface area contributed by atoms with Gasteiger partial charge in [0.05, 0.1) is 6.04 Å². The first-order chi connectivity index (χ1) is 16.8. The van der Waals surface area contributed by atoms with Crippen LogP contribution in [-0.2, 0) is 32.1 Å². The fraction of sp³-hybridized carbons (Fsp3) is 0.448. The first-order valence-electron chi connectivity index (χ1n) is 12.4. The van der Waals surface area contributed by atoms with Crippen LogP contribution in [0.5, 0.6) is 0 Å². The van der Waals surface area contributed by atoms with Crippen LogP contribution < -0.4 is 5.32 Å². The van der Waals surface area contributed by atoms with E-state index in [0.29, 0.717) is 19.3 Å². The third-order valence-corrected chi connectivity index (χ3v) is 5.78. The Balaban J connectivity index is 2.10. The molecule has 0 saturated carbocycles. The zero-order valence-electron chi connectivity index (χ0n) is 21.0. The van der Waals surface area contributed by atoms with Gasteiger partial charge in [0.25, 0.3) is 0 Å². The molecule has 0 fully saturated rings. The summed E-state index contributed by atoms with van der Waals surface area (Å²) in [5, 5.41) is 2.68. The van der Waals surface area contributed by atoms with Gasteiger partial charge in [0.2, 0.25) is 5.78 Å². The molecule has 6 nitrogen and oxygen atoms in total. The zero-order chi connectivity index (χ0) is 25.6. The Morgan fingerprint density at radius 2 is 1.49 bits per heavy atom. The average molecular weight is 480 g/mol. The van der Waals surface area contributed by atoms with E-state index in [1.165, 1.54) is 0 Å². The minimum atomic E-state index is -0.796. The quantitative estimate of drug-likeness (QED) is 0.342. The molecule has 0 radical (unpaired) electrons. The average Bonchev–Trinajstić information content (AvgIpc) is 2.85. The highest BCUT2D eigenvalue weighted by atomic mass is 16.5. The maximum atomic E-state index is 13.3. The molecule has 0 aromatic heterocycles. The highest BCUT2D eigenvalue weighted by Gasteiger charge is 2.31. The topological polar surface area (TPSA) is 89.5 Å². The number of amides is 1. The summed E-state index contributed by atoms with van der Waals surface area (Å²) in [6.07, 6.45) is 1.56. The molecule has 0 saturated heterocycles. The Kier molecular flexibility index (Phi) is 11.9. The van der Waals surface area contributed by atoms with Crippen molar-refractivity contribution in [2.75, 3.05) is 0 Å². The monoisotopic (exact) mass is 479 g/mol. The van der Waals surface area contributed by atoms with Gasteiger partial charge in [0.1, 0.15) is 6.61 Å². The smallest absolute Gasteiger partial charge is 0.408 e. The highest BCUT2D eigenvalue weighted by molar-refractivity contribution is 6.38. The lowest BCUT2D eigenvalue weighted by atomic mass is 9.85. The third kappa shape index (κ3) is 10.3. The Hall–Kier alpha value is -3.28. The van der Waals surface area contributed by atoms with E-state index >= 15 is 0 Å². The molecule has 2 aromatic rings. The summed E-state index contributed by atoms with van der Waals surface area (Å²) in [4.78, 5) is 51.3. The molecule has 1 amide bonds. The van der Waals surface area contributed by atoms with Crippen molar-refractivity contribution in [2.24, 2.45) is 11.8 Å². The molecule has 0 aliphatic heterocycles. The molecule has 2 unspecified atom stereocenters. The minimum absolute atomic E-state index is 0.0936. The van der Waals surface area contributed by atoms with Gasteiger partial charge in [-0.05, 0) is 36.3 Å². The molecule has 35 heavy (non-hydrogen) atoms. The molecule has 188 valence electrons. The van der Waals surface area contributed by atoms with Gasteiger partial charge in [-0.2, -0.15) is 0 Å². The largest absolute Gasteiger partial charge is 0.445 e. The Bertz CT molecular complexity index is 956. The van der Waals surface area contributed by atoms with E-state index in [1.54, 1.807) is 0 Å². The van der Waals surface area contributed by atoms with Gasteiger partial charge < -0.3 is 10.1 Å². The van der Waals surface area contributed by atoms with Crippen LogP contribution in [0, 0.1) is 11.8 Å². The number of nitrogens with one attached hydrogen (secondary N) is 1.